The molecule has 31 nitrogen and oxygen atoms in total. The van der Waals surface area contributed by atoms with Gasteiger partial charge in [0, 0.05) is 25.2 Å². The largest absolute Gasteiger partial charge is 0.394 e. The van der Waals surface area contributed by atoms with Crippen molar-refractivity contribution in [2.75, 3.05) is 19.7 Å². The van der Waals surface area contributed by atoms with Crippen LogP contribution in [0.1, 0.15) is 6.42 Å². The monoisotopic (exact) mass is 908 g/mol. The van der Waals surface area contributed by atoms with Crippen molar-refractivity contribution in [2.45, 2.75) is 123 Å². The lowest BCUT2D eigenvalue weighted by atomic mass is 9.84. The van der Waals surface area contributed by atoms with Gasteiger partial charge >= 0.3 is 31.2 Å². The van der Waals surface area contributed by atoms with Crippen LogP contribution >= 0.6 is 0 Å². The maximum Gasteiger partial charge on any atom is 0.394 e. The van der Waals surface area contributed by atoms with Crippen LogP contribution in [0.5, 0.6) is 0 Å². The van der Waals surface area contributed by atoms with Gasteiger partial charge in [-0.05, 0) is 6.42 Å². The van der Waals surface area contributed by atoms with Gasteiger partial charge in [0.1, 0.15) is 67.1 Å². The van der Waals surface area contributed by atoms with E-state index in [2.05, 4.69) is 0 Å². The smallest absolute Gasteiger partial charge is 0.394 e. The third-order valence-corrected chi connectivity index (χ3v) is 8.37. The third kappa shape index (κ3) is 17.8. The zero-order valence-corrected chi connectivity index (χ0v) is 31.6. The highest BCUT2D eigenvalue weighted by Crippen LogP contribution is 2.34. The minimum absolute atomic E-state index is 0.0889. The summed E-state index contributed by atoms with van der Waals surface area (Å²) in [6, 6.07) is -4.18. The summed E-state index contributed by atoms with van der Waals surface area (Å²) in [5.41, 5.74) is 35.6. The molecule has 19 atom stereocenters. The molecular formula is C23H52N6O25S3. The summed E-state index contributed by atoms with van der Waals surface area (Å²) < 4.78 is 129. The Kier molecular flexibility index (Phi) is 21.4. The lowest BCUT2D eigenvalue weighted by Gasteiger charge is -2.47. The van der Waals surface area contributed by atoms with Crippen molar-refractivity contribution in [1.29, 1.82) is 0 Å². The molecule has 0 radical (unpaired) electrons. The fourth-order valence-corrected chi connectivity index (χ4v) is 5.74. The van der Waals surface area contributed by atoms with E-state index in [-0.39, 0.29) is 19.5 Å². The van der Waals surface area contributed by atoms with E-state index < -0.39 is 154 Å². The summed E-state index contributed by atoms with van der Waals surface area (Å²) in [7, 11) is -14.0. The molecule has 3 heterocycles. The van der Waals surface area contributed by atoms with E-state index in [4.69, 9.17) is 115 Å². The fraction of sp³-hybridized carbons (Fsp3) is 1.00. The number of hydrogen-bond acceptors (Lipinski definition) is 25. The second kappa shape index (κ2) is 22.6. The van der Waals surface area contributed by atoms with E-state index in [1.807, 2.05) is 0 Å². The summed E-state index contributed by atoms with van der Waals surface area (Å²) in [6.45, 7) is -0.967. The average molecular weight is 909 g/mol. The standard InChI is InChI=1S/C23H46N6O13.3H2O4S/c24-2-7-13(32)15(34)10(28)21(37-7)40-18-6(27)1-5(26)12(31)20(18)42-23-17(36)19(9(4-30)39-23)41-22-11(29)16(35)14(33)8(3-25)38-22;3*1-5(2,3)4/h5-23,30-36H,1-4,24-29H2;3*(H2,1,2,3,4)/t5-,6+,7-,8+,9-,10-,11-,12+,13-,14-,15-,16-,17-,18-,19-,20?,21-,22-,23+;;;/m1.../s1. The number of nitrogens with two attached hydrogens (primary N) is 6. The van der Waals surface area contributed by atoms with Gasteiger partial charge < -0.3 is 98.6 Å². The van der Waals surface area contributed by atoms with Crippen LogP contribution in [0.15, 0.2) is 0 Å². The Morgan fingerprint density at radius 3 is 1.16 bits per heavy atom. The number of aliphatic hydroxyl groups excluding tert-OH is 7. The van der Waals surface area contributed by atoms with Crippen molar-refractivity contribution in [1.82, 2.24) is 0 Å². The molecule has 1 saturated carbocycles. The summed E-state index contributed by atoms with van der Waals surface area (Å²) in [4.78, 5) is 0. The Balaban J connectivity index is 0.000000921. The average Bonchev–Trinajstić information content (AvgIpc) is 3.36. The summed E-state index contributed by atoms with van der Waals surface area (Å²) in [6.07, 6.45) is -19.8. The Hall–Kier alpha value is -1.15. The molecular weight excluding hydrogens is 856 g/mol. The first kappa shape index (κ1) is 53.9. The molecule has 34 heteroatoms. The first-order valence-electron chi connectivity index (χ1n) is 16.0. The molecule has 0 aromatic carbocycles. The lowest BCUT2D eigenvalue weighted by molar-refractivity contribution is -0.306. The van der Waals surface area contributed by atoms with Crippen molar-refractivity contribution in [3.05, 3.63) is 0 Å². The Labute approximate surface area is 324 Å². The molecule has 4 aliphatic rings. The number of aliphatic hydroxyl groups is 7. The van der Waals surface area contributed by atoms with Gasteiger partial charge in [0.25, 0.3) is 0 Å². The Morgan fingerprint density at radius 2 is 0.807 bits per heavy atom. The van der Waals surface area contributed by atoms with E-state index in [0.717, 1.165) is 0 Å². The molecule has 4 fully saturated rings. The van der Waals surface area contributed by atoms with Crippen molar-refractivity contribution in [3.8, 4) is 0 Å². The van der Waals surface area contributed by atoms with Gasteiger partial charge in [-0.2, -0.15) is 25.3 Å². The highest BCUT2D eigenvalue weighted by molar-refractivity contribution is 7.80. The zero-order chi connectivity index (χ0) is 44.5. The molecule has 0 bridgehead atoms. The van der Waals surface area contributed by atoms with Gasteiger partial charge in [-0.25, -0.2) is 0 Å². The normalized spacial score (nSPS) is 42.7. The Bertz CT molecular complexity index is 1440. The summed E-state index contributed by atoms with van der Waals surface area (Å²) in [5, 5.41) is 73.0. The molecule has 0 amide bonds. The highest BCUT2D eigenvalue weighted by Gasteiger charge is 2.54. The van der Waals surface area contributed by atoms with Gasteiger partial charge in [-0.15, -0.1) is 0 Å². The SMILES string of the molecule is NC[C@@H]1O[C@H](O[C@H]2[C@@H](O)[C@H](OC3[C@@H](O)[C@H](N)C[C@H](N)[C@H]3O[C@H]3O[C@H](CN)[C@@H](O)[C@H](O)[C@H]3N)O[C@@H]2CO)[C@H](N)[C@@H](O)[C@@H]1O.O=S(=O)(O)O.O=S(=O)(O)O.O=S(=O)(O)O. The molecule has 1 aliphatic carbocycles. The van der Waals surface area contributed by atoms with Gasteiger partial charge in [0.2, 0.25) is 0 Å². The summed E-state index contributed by atoms with van der Waals surface area (Å²) >= 11 is 0. The highest BCUT2D eigenvalue weighted by atomic mass is 32.3. The Morgan fingerprint density at radius 1 is 0.474 bits per heavy atom. The molecule has 25 N–H and O–H groups in total. The van der Waals surface area contributed by atoms with Gasteiger partial charge in [-0.3, -0.25) is 27.3 Å². The van der Waals surface area contributed by atoms with Crippen molar-refractivity contribution >= 4 is 31.2 Å². The molecule has 0 aromatic heterocycles. The molecule has 1 unspecified atom stereocenters. The minimum atomic E-state index is -4.67. The van der Waals surface area contributed by atoms with Gasteiger partial charge in [0.15, 0.2) is 18.9 Å². The first-order chi connectivity index (χ1) is 25.8. The van der Waals surface area contributed by atoms with E-state index in [9.17, 15) is 35.7 Å². The maximum absolute atomic E-state index is 11.1. The van der Waals surface area contributed by atoms with E-state index in [1.165, 1.54) is 0 Å². The number of rotatable bonds is 9. The van der Waals surface area contributed by atoms with E-state index in [0.29, 0.717) is 0 Å². The van der Waals surface area contributed by atoms with Crippen LogP contribution in [0.4, 0.5) is 0 Å². The number of hydrogen-bond donors (Lipinski definition) is 19. The van der Waals surface area contributed by atoms with Crippen molar-refractivity contribution in [2.24, 2.45) is 34.4 Å². The van der Waals surface area contributed by atoms with Crippen LogP contribution in [0.25, 0.3) is 0 Å². The quantitative estimate of drug-likeness (QED) is 0.0955. The van der Waals surface area contributed by atoms with Crippen LogP contribution in [-0.4, -0.2) is 224 Å². The van der Waals surface area contributed by atoms with Gasteiger partial charge in [-0.1, -0.05) is 0 Å². The maximum atomic E-state index is 11.1. The molecule has 57 heavy (non-hydrogen) atoms. The molecule has 4 rings (SSSR count). The van der Waals surface area contributed by atoms with Crippen LogP contribution in [0.3, 0.4) is 0 Å². The minimum Gasteiger partial charge on any atom is -0.394 e. The van der Waals surface area contributed by atoms with E-state index >= 15 is 0 Å². The summed E-state index contributed by atoms with van der Waals surface area (Å²) in [5.74, 6) is 0. The van der Waals surface area contributed by atoms with E-state index in [1.54, 1.807) is 0 Å². The molecule has 3 aliphatic heterocycles. The van der Waals surface area contributed by atoms with Crippen LogP contribution in [0, 0.1) is 0 Å². The molecule has 0 aromatic rings. The van der Waals surface area contributed by atoms with Crippen LogP contribution < -0.4 is 34.4 Å². The molecule has 3 saturated heterocycles. The van der Waals surface area contributed by atoms with Crippen molar-refractivity contribution in [3.63, 3.8) is 0 Å². The zero-order valence-electron chi connectivity index (χ0n) is 29.2. The molecule has 0 spiro atoms. The van der Waals surface area contributed by atoms with Gasteiger partial charge in [0.05, 0.1) is 24.8 Å². The predicted octanol–water partition coefficient (Wildman–Crippen LogP) is -10.9. The lowest BCUT2D eigenvalue weighted by Crippen LogP contribution is -2.68. The topological polar surface area (TPSA) is 577 Å². The second-order valence-electron chi connectivity index (χ2n) is 12.6. The first-order valence-corrected chi connectivity index (χ1v) is 20.2. The predicted molar refractivity (Wildman–Crippen MR) is 181 cm³/mol. The van der Waals surface area contributed by atoms with Crippen LogP contribution in [0.2, 0.25) is 0 Å². The van der Waals surface area contributed by atoms with Crippen molar-refractivity contribution < 1.29 is 117 Å². The number of ether oxygens (including phenoxy) is 6. The molecule has 342 valence electrons. The second-order valence-corrected chi connectivity index (χ2v) is 15.3. The van der Waals surface area contributed by atoms with Crippen LogP contribution in [-0.2, 0) is 59.6 Å². The fourth-order valence-electron chi connectivity index (χ4n) is 5.74. The third-order valence-electron chi connectivity index (χ3n) is 8.37.